The molecule has 0 aromatic rings. The van der Waals surface area contributed by atoms with Gasteiger partial charge in [0, 0.05) is 0 Å². The van der Waals surface area contributed by atoms with Crippen molar-refractivity contribution in [3.63, 3.8) is 0 Å². The van der Waals surface area contributed by atoms with Crippen LogP contribution in [-0.2, 0) is 0 Å². The summed E-state index contributed by atoms with van der Waals surface area (Å²) in [7, 11) is -0.801. The van der Waals surface area contributed by atoms with E-state index >= 15 is 0 Å². The van der Waals surface area contributed by atoms with Gasteiger partial charge in [-0.3, -0.25) is 0 Å². The third kappa shape index (κ3) is 3.50. The van der Waals surface area contributed by atoms with E-state index in [4.69, 9.17) is 0 Å². The van der Waals surface area contributed by atoms with E-state index in [1.54, 1.807) is 0 Å². The molecule has 1 fully saturated rings. The molecule has 0 aromatic carbocycles. The minimum atomic E-state index is -0.801. The maximum atomic E-state index is 2.55. The fourth-order valence-electron chi connectivity index (χ4n) is 4.46. The molecule has 1 aliphatic rings. The van der Waals surface area contributed by atoms with E-state index in [1.807, 2.05) is 0 Å². The van der Waals surface area contributed by atoms with Crippen LogP contribution in [0.5, 0.6) is 0 Å². The zero-order chi connectivity index (χ0) is 14.1. The zero-order valence-corrected chi connectivity index (χ0v) is 15.1. The van der Waals surface area contributed by atoms with E-state index < -0.39 is 7.26 Å². The van der Waals surface area contributed by atoms with Gasteiger partial charge in [-0.1, -0.05) is 0 Å². The number of hydrogen-bond acceptors (Lipinski definition) is 0. The van der Waals surface area contributed by atoms with E-state index in [-0.39, 0.29) is 0 Å². The first-order chi connectivity index (χ1) is 8.18. The molecule has 1 heteroatoms. The summed E-state index contributed by atoms with van der Waals surface area (Å²) in [5, 5.41) is 0. The molecule has 4 unspecified atom stereocenters. The van der Waals surface area contributed by atoms with Crippen molar-refractivity contribution in [1.29, 1.82) is 0 Å². The van der Waals surface area contributed by atoms with Gasteiger partial charge in [0.15, 0.2) is 0 Å². The fourth-order valence-corrected chi connectivity index (χ4v) is 10.6. The van der Waals surface area contributed by atoms with Crippen molar-refractivity contribution in [3.05, 3.63) is 0 Å². The Bertz CT molecular complexity index is 259. The first kappa shape index (κ1) is 16.5. The molecule has 0 N–H and O–H groups in total. The van der Waals surface area contributed by atoms with Gasteiger partial charge in [0.05, 0.1) is 0 Å². The summed E-state index contributed by atoms with van der Waals surface area (Å²) in [6.45, 7) is 19.6. The molecule has 0 aliphatic carbocycles. The molecular weight excluding hydrogens is 235 g/mol. The van der Waals surface area contributed by atoms with Gasteiger partial charge in [0.1, 0.15) is 0 Å². The minimum absolute atomic E-state index is 0.493. The van der Waals surface area contributed by atoms with Gasteiger partial charge in [-0.25, -0.2) is 0 Å². The van der Waals surface area contributed by atoms with Crippen LogP contribution in [0, 0.1) is 17.3 Å². The molecule has 1 saturated heterocycles. The first-order valence-electron chi connectivity index (χ1n) is 8.18. The van der Waals surface area contributed by atoms with Crippen LogP contribution in [0.4, 0.5) is 0 Å². The predicted molar refractivity (Wildman–Crippen MR) is 89.7 cm³/mol. The maximum absolute atomic E-state index is 2.55. The summed E-state index contributed by atoms with van der Waals surface area (Å²) in [4.78, 5) is 0. The molecule has 0 nitrogen and oxygen atoms in total. The normalized spacial score (nSPS) is 31.8. The van der Waals surface area contributed by atoms with Gasteiger partial charge >= 0.3 is 116 Å². The van der Waals surface area contributed by atoms with Crippen molar-refractivity contribution in [2.24, 2.45) is 17.3 Å². The van der Waals surface area contributed by atoms with E-state index in [0.717, 1.165) is 23.2 Å². The summed E-state index contributed by atoms with van der Waals surface area (Å²) < 4.78 is 0. The van der Waals surface area contributed by atoms with Crippen LogP contribution in [0.15, 0.2) is 0 Å². The van der Waals surface area contributed by atoms with Crippen molar-refractivity contribution < 1.29 is 0 Å². The van der Waals surface area contributed by atoms with Gasteiger partial charge in [-0.05, 0) is 0 Å². The Kier molecular flexibility index (Phi) is 5.33. The third-order valence-corrected chi connectivity index (χ3v) is 12.7. The predicted octanol–water partition coefficient (Wildman–Crippen LogP) is 5.65. The fraction of sp³-hybridized carbons (Fsp3) is 1.00. The molecule has 4 atom stereocenters. The topological polar surface area (TPSA) is 0 Å². The van der Waals surface area contributed by atoms with Crippen molar-refractivity contribution in [1.82, 2.24) is 0 Å². The summed E-state index contributed by atoms with van der Waals surface area (Å²) >= 11 is 0. The van der Waals surface area contributed by atoms with Gasteiger partial charge in [-0.15, -0.1) is 0 Å². The van der Waals surface area contributed by atoms with Crippen LogP contribution in [0.25, 0.3) is 0 Å². The van der Waals surface area contributed by atoms with Crippen LogP contribution >= 0.6 is 7.26 Å². The molecular formula is C17H37P. The molecule has 1 heterocycles. The second-order valence-electron chi connectivity index (χ2n) is 8.29. The summed E-state index contributed by atoms with van der Waals surface area (Å²) in [5.74, 6) is 1.81. The monoisotopic (exact) mass is 272 g/mol. The molecule has 1 aliphatic heterocycles. The molecule has 0 saturated carbocycles. The summed E-state index contributed by atoms with van der Waals surface area (Å²) in [6.07, 6.45) is 5.94. The van der Waals surface area contributed by atoms with Crippen LogP contribution in [0.1, 0.15) is 68.2 Å². The quantitative estimate of drug-likeness (QED) is 0.548. The molecule has 18 heavy (non-hydrogen) atoms. The van der Waals surface area contributed by atoms with Gasteiger partial charge in [0.25, 0.3) is 0 Å². The Labute approximate surface area is 117 Å². The van der Waals surface area contributed by atoms with Crippen LogP contribution in [0.2, 0.25) is 0 Å². The van der Waals surface area contributed by atoms with Crippen LogP contribution in [0.3, 0.4) is 0 Å². The summed E-state index contributed by atoms with van der Waals surface area (Å²) in [5.41, 5.74) is 2.74. The van der Waals surface area contributed by atoms with E-state index in [2.05, 4.69) is 55.4 Å². The number of hydrogen-bond donors (Lipinski definition) is 0. The summed E-state index contributed by atoms with van der Waals surface area (Å²) in [6, 6.07) is 0. The van der Waals surface area contributed by atoms with Crippen LogP contribution in [-0.4, -0.2) is 23.6 Å². The average Bonchev–Trinajstić information content (AvgIpc) is 2.81. The molecule has 0 radical (unpaired) electrons. The van der Waals surface area contributed by atoms with Crippen molar-refractivity contribution in [2.45, 2.75) is 79.5 Å². The molecule has 0 spiro atoms. The second kappa shape index (κ2) is 5.82. The number of rotatable bonds is 6. The molecule has 110 valence electrons. The average molecular weight is 272 g/mol. The second-order valence-corrected chi connectivity index (χ2v) is 13.8. The Hall–Kier alpha value is 0.430. The standard InChI is InChI=1S/C17H37P/c1-9-18(10-2)15(5)16(18)11-13(3)14(4)12-17(6,7)8/h13-16,18H,9-12H2,1-8H3. The Morgan fingerprint density at radius 2 is 1.50 bits per heavy atom. The SMILES string of the molecule is CC[PH]1(CC)C(C)C1CC(C)C(C)CC(C)(C)C. The molecule has 0 bridgehead atoms. The van der Waals surface area contributed by atoms with Crippen molar-refractivity contribution in [3.8, 4) is 0 Å². The van der Waals surface area contributed by atoms with Gasteiger partial charge < -0.3 is 0 Å². The Morgan fingerprint density at radius 1 is 1.00 bits per heavy atom. The zero-order valence-electron chi connectivity index (χ0n) is 14.1. The molecule has 1 rings (SSSR count). The van der Waals surface area contributed by atoms with Gasteiger partial charge in [0.2, 0.25) is 0 Å². The third-order valence-electron chi connectivity index (χ3n) is 5.99. The van der Waals surface area contributed by atoms with Crippen molar-refractivity contribution >= 4 is 7.26 Å². The van der Waals surface area contributed by atoms with Crippen molar-refractivity contribution in [2.75, 3.05) is 12.3 Å². The van der Waals surface area contributed by atoms with Gasteiger partial charge in [-0.2, -0.15) is 0 Å². The molecule has 0 amide bonds. The Morgan fingerprint density at radius 3 is 1.83 bits per heavy atom. The Balaban J connectivity index is 2.49. The first-order valence-corrected chi connectivity index (χ1v) is 10.7. The molecule has 0 aromatic heterocycles. The van der Waals surface area contributed by atoms with E-state index in [0.29, 0.717) is 5.41 Å². The van der Waals surface area contributed by atoms with E-state index in [1.165, 1.54) is 25.2 Å². The van der Waals surface area contributed by atoms with E-state index in [9.17, 15) is 0 Å². The van der Waals surface area contributed by atoms with Crippen LogP contribution < -0.4 is 0 Å².